The Bertz CT molecular complexity index is 688. The molecule has 6 heteroatoms. The van der Waals surface area contributed by atoms with Gasteiger partial charge in [0.25, 0.3) is 0 Å². The zero-order chi connectivity index (χ0) is 14.9. The lowest BCUT2D eigenvalue weighted by Gasteiger charge is -2.13. The summed E-state index contributed by atoms with van der Waals surface area (Å²) in [5, 5.41) is 9.20. The number of nitrogen functional groups attached to an aromatic ring is 1. The van der Waals surface area contributed by atoms with E-state index < -0.39 is 11.8 Å². The van der Waals surface area contributed by atoms with Crippen LogP contribution in [0.25, 0.3) is 0 Å². The molecular weight excluding hydrogens is 285 g/mol. The molecule has 2 rings (SSSR count). The average molecular weight is 296 g/mol. The summed E-state index contributed by atoms with van der Waals surface area (Å²) in [5.41, 5.74) is 6.22. The quantitative estimate of drug-likeness (QED) is 0.843. The van der Waals surface area contributed by atoms with Crippen LogP contribution in [0.1, 0.15) is 15.9 Å². The van der Waals surface area contributed by atoms with Crippen molar-refractivity contribution in [3.05, 3.63) is 52.3 Å². The summed E-state index contributed by atoms with van der Waals surface area (Å²) in [6.45, 7) is 1.71. The van der Waals surface area contributed by atoms with Crippen molar-refractivity contribution in [1.29, 1.82) is 0 Å². The standard InChI is InChI=1S/C14H11ClFNO3/c1-7-2-3-8(16)4-12(7)20-13-10(14(18)19)5-9(17)6-11(13)15/h2-6H,17H2,1H3,(H,18,19). The largest absolute Gasteiger partial charge is 0.478 e. The van der Waals surface area contributed by atoms with Crippen molar-refractivity contribution in [2.24, 2.45) is 0 Å². The molecule has 0 fully saturated rings. The summed E-state index contributed by atoms with van der Waals surface area (Å²) in [5.74, 6) is -1.60. The van der Waals surface area contributed by atoms with Gasteiger partial charge >= 0.3 is 5.97 Å². The molecule has 0 heterocycles. The lowest BCUT2D eigenvalue weighted by Crippen LogP contribution is -2.03. The van der Waals surface area contributed by atoms with Crippen molar-refractivity contribution in [3.8, 4) is 11.5 Å². The monoisotopic (exact) mass is 295 g/mol. The minimum Gasteiger partial charge on any atom is -0.478 e. The third kappa shape index (κ3) is 2.83. The Morgan fingerprint density at radius 1 is 1.35 bits per heavy atom. The third-order valence-corrected chi connectivity index (χ3v) is 2.94. The molecule has 0 aromatic heterocycles. The Morgan fingerprint density at radius 3 is 2.70 bits per heavy atom. The molecule has 0 saturated carbocycles. The Morgan fingerprint density at radius 2 is 2.05 bits per heavy atom. The highest BCUT2D eigenvalue weighted by atomic mass is 35.5. The van der Waals surface area contributed by atoms with Gasteiger partial charge < -0.3 is 15.6 Å². The highest BCUT2D eigenvalue weighted by Gasteiger charge is 2.18. The van der Waals surface area contributed by atoms with Crippen LogP contribution in [0.2, 0.25) is 5.02 Å². The molecular formula is C14H11ClFNO3. The molecule has 104 valence electrons. The second-order valence-electron chi connectivity index (χ2n) is 4.20. The number of aryl methyl sites for hydroxylation is 1. The van der Waals surface area contributed by atoms with Crippen molar-refractivity contribution >= 4 is 23.3 Å². The molecule has 3 N–H and O–H groups in total. The second kappa shape index (κ2) is 5.38. The first kappa shape index (κ1) is 14.1. The van der Waals surface area contributed by atoms with Crippen LogP contribution >= 0.6 is 11.6 Å². The van der Waals surface area contributed by atoms with Gasteiger partial charge in [-0.15, -0.1) is 0 Å². The lowest BCUT2D eigenvalue weighted by atomic mass is 10.1. The van der Waals surface area contributed by atoms with Gasteiger partial charge in [-0.05, 0) is 30.7 Å². The van der Waals surface area contributed by atoms with E-state index in [0.717, 1.165) is 6.07 Å². The number of hydrogen-bond acceptors (Lipinski definition) is 3. The first-order chi connectivity index (χ1) is 9.38. The van der Waals surface area contributed by atoms with Gasteiger partial charge in [-0.2, -0.15) is 0 Å². The second-order valence-corrected chi connectivity index (χ2v) is 4.60. The van der Waals surface area contributed by atoms with E-state index in [2.05, 4.69) is 0 Å². The van der Waals surface area contributed by atoms with Gasteiger partial charge in [0.2, 0.25) is 0 Å². The smallest absolute Gasteiger partial charge is 0.339 e. The van der Waals surface area contributed by atoms with Crippen LogP contribution < -0.4 is 10.5 Å². The predicted molar refractivity (Wildman–Crippen MR) is 74.0 cm³/mol. The van der Waals surface area contributed by atoms with E-state index in [0.29, 0.717) is 5.56 Å². The van der Waals surface area contributed by atoms with Crippen molar-refractivity contribution < 1.29 is 19.0 Å². The van der Waals surface area contributed by atoms with Gasteiger partial charge in [-0.25, -0.2) is 9.18 Å². The molecule has 0 aliphatic rings. The Labute approximate surface area is 119 Å². The number of nitrogens with two attached hydrogens (primary N) is 1. The van der Waals surface area contributed by atoms with Gasteiger partial charge in [0, 0.05) is 11.8 Å². The van der Waals surface area contributed by atoms with E-state index in [1.807, 2.05) is 0 Å². The number of anilines is 1. The summed E-state index contributed by atoms with van der Waals surface area (Å²) in [6, 6.07) is 6.57. The number of hydrogen-bond donors (Lipinski definition) is 2. The molecule has 2 aromatic carbocycles. The minimum atomic E-state index is -1.23. The van der Waals surface area contributed by atoms with E-state index in [1.165, 1.54) is 24.3 Å². The number of rotatable bonds is 3. The number of carboxylic acids is 1. The Kier molecular flexibility index (Phi) is 3.81. The number of ether oxygens (including phenoxy) is 1. The van der Waals surface area contributed by atoms with Gasteiger partial charge in [-0.3, -0.25) is 0 Å². The first-order valence-electron chi connectivity index (χ1n) is 5.65. The fourth-order valence-corrected chi connectivity index (χ4v) is 1.94. The van der Waals surface area contributed by atoms with E-state index in [9.17, 15) is 9.18 Å². The molecule has 2 aromatic rings. The highest BCUT2D eigenvalue weighted by Crippen LogP contribution is 2.36. The molecule has 0 atom stereocenters. The normalized spacial score (nSPS) is 10.3. The number of halogens is 2. The number of benzene rings is 2. The highest BCUT2D eigenvalue weighted by molar-refractivity contribution is 6.33. The average Bonchev–Trinajstić information content (AvgIpc) is 2.36. The molecule has 0 aliphatic carbocycles. The molecule has 0 spiro atoms. The topological polar surface area (TPSA) is 72.5 Å². The maximum absolute atomic E-state index is 13.2. The van der Waals surface area contributed by atoms with Crippen LogP contribution in [0.3, 0.4) is 0 Å². The van der Waals surface area contributed by atoms with Gasteiger partial charge in [-0.1, -0.05) is 17.7 Å². The van der Waals surface area contributed by atoms with Gasteiger partial charge in [0.15, 0.2) is 5.75 Å². The predicted octanol–water partition coefficient (Wildman–Crippen LogP) is 3.86. The van der Waals surface area contributed by atoms with Crippen LogP contribution in [-0.2, 0) is 0 Å². The molecule has 20 heavy (non-hydrogen) atoms. The van der Waals surface area contributed by atoms with E-state index in [-0.39, 0.29) is 27.8 Å². The van der Waals surface area contributed by atoms with Crippen molar-refractivity contribution in [3.63, 3.8) is 0 Å². The zero-order valence-electron chi connectivity index (χ0n) is 10.5. The number of carbonyl (C=O) groups is 1. The Hall–Kier alpha value is -2.27. The molecule has 0 aliphatic heterocycles. The van der Waals surface area contributed by atoms with Crippen LogP contribution in [0.4, 0.5) is 10.1 Å². The molecule has 0 saturated heterocycles. The maximum atomic E-state index is 13.2. The van der Waals surface area contributed by atoms with Crippen LogP contribution in [0.5, 0.6) is 11.5 Å². The molecule has 4 nitrogen and oxygen atoms in total. The Balaban J connectivity index is 2.53. The number of carboxylic acid groups (broad SMARTS) is 1. The minimum absolute atomic E-state index is 0.0473. The van der Waals surface area contributed by atoms with Crippen molar-refractivity contribution in [2.45, 2.75) is 6.92 Å². The number of aromatic carboxylic acids is 1. The van der Waals surface area contributed by atoms with Crippen molar-refractivity contribution in [1.82, 2.24) is 0 Å². The van der Waals surface area contributed by atoms with Crippen LogP contribution in [-0.4, -0.2) is 11.1 Å². The van der Waals surface area contributed by atoms with E-state index >= 15 is 0 Å². The van der Waals surface area contributed by atoms with Gasteiger partial charge in [0.1, 0.15) is 17.1 Å². The summed E-state index contributed by atoms with van der Waals surface area (Å²) < 4.78 is 18.7. The summed E-state index contributed by atoms with van der Waals surface area (Å²) in [4.78, 5) is 11.2. The lowest BCUT2D eigenvalue weighted by molar-refractivity contribution is 0.0694. The molecule has 0 unspecified atom stereocenters. The SMILES string of the molecule is Cc1ccc(F)cc1Oc1c(Cl)cc(N)cc1C(=O)O. The van der Waals surface area contributed by atoms with Crippen LogP contribution in [0, 0.1) is 12.7 Å². The molecule has 0 radical (unpaired) electrons. The van der Waals surface area contributed by atoms with E-state index in [1.54, 1.807) is 6.92 Å². The molecule has 0 bridgehead atoms. The summed E-state index contributed by atoms with van der Waals surface area (Å²) in [6.07, 6.45) is 0. The summed E-state index contributed by atoms with van der Waals surface area (Å²) >= 11 is 5.96. The zero-order valence-corrected chi connectivity index (χ0v) is 11.2. The fraction of sp³-hybridized carbons (Fsp3) is 0.0714. The first-order valence-corrected chi connectivity index (χ1v) is 6.02. The van der Waals surface area contributed by atoms with E-state index in [4.69, 9.17) is 27.2 Å². The van der Waals surface area contributed by atoms with Crippen molar-refractivity contribution in [2.75, 3.05) is 5.73 Å². The fourth-order valence-electron chi connectivity index (χ4n) is 1.67. The maximum Gasteiger partial charge on any atom is 0.339 e. The summed E-state index contributed by atoms with van der Waals surface area (Å²) in [7, 11) is 0. The van der Waals surface area contributed by atoms with Gasteiger partial charge in [0.05, 0.1) is 5.02 Å². The van der Waals surface area contributed by atoms with Crippen LogP contribution in [0.15, 0.2) is 30.3 Å². The molecule has 0 amide bonds. The third-order valence-electron chi connectivity index (χ3n) is 2.66.